The van der Waals surface area contributed by atoms with Crippen molar-refractivity contribution >= 4 is 26.6 Å². The van der Waals surface area contributed by atoms with Gasteiger partial charge in [-0.25, -0.2) is 12.8 Å². The molecule has 1 atom stereocenters. The van der Waals surface area contributed by atoms with Crippen LogP contribution in [0.3, 0.4) is 0 Å². The van der Waals surface area contributed by atoms with Crippen LogP contribution in [0.15, 0.2) is 42.6 Å². The Morgan fingerprint density at radius 1 is 1.25 bits per heavy atom. The number of halogens is 1. The number of hydrogen-bond donors (Lipinski definition) is 2. The molecule has 1 aliphatic carbocycles. The SMILES string of the molecule is COc1ccc(C(C)(c2c[nH]c3c(NS(C)(=O)=O)cccc23)C2CC2)cc1F. The summed E-state index contributed by atoms with van der Waals surface area (Å²) < 4.78 is 45.5. The lowest BCUT2D eigenvalue weighted by Crippen LogP contribution is -2.26. The number of para-hydroxylation sites is 1. The molecule has 2 aromatic carbocycles. The number of methoxy groups -OCH3 is 1. The van der Waals surface area contributed by atoms with Gasteiger partial charge in [0.05, 0.1) is 24.6 Å². The normalized spacial score (nSPS) is 16.7. The molecule has 1 heterocycles. The largest absolute Gasteiger partial charge is 0.494 e. The highest BCUT2D eigenvalue weighted by Crippen LogP contribution is 2.53. The highest BCUT2D eigenvalue weighted by molar-refractivity contribution is 7.92. The molecule has 2 N–H and O–H groups in total. The second kappa shape index (κ2) is 6.51. The van der Waals surface area contributed by atoms with E-state index < -0.39 is 15.4 Å². The second-order valence-electron chi connectivity index (χ2n) is 7.63. The summed E-state index contributed by atoms with van der Waals surface area (Å²) in [5, 5.41) is 0.930. The number of anilines is 1. The predicted octanol–water partition coefficient (Wildman–Crippen LogP) is 4.40. The van der Waals surface area contributed by atoms with Gasteiger partial charge in [-0.2, -0.15) is 0 Å². The molecular weight excluding hydrogens is 379 g/mol. The molecule has 0 saturated heterocycles. The maximum absolute atomic E-state index is 14.5. The zero-order chi connectivity index (χ0) is 20.1. The van der Waals surface area contributed by atoms with Gasteiger partial charge in [0, 0.05) is 17.0 Å². The quantitative estimate of drug-likeness (QED) is 0.642. The third-order valence-electron chi connectivity index (χ3n) is 5.72. The van der Waals surface area contributed by atoms with Gasteiger partial charge in [-0.05, 0) is 48.1 Å². The van der Waals surface area contributed by atoms with E-state index in [-0.39, 0.29) is 11.6 Å². The van der Waals surface area contributed by atoms with E-state index in [0.29, 0.717) is 11.6 Å². The Kier molecular flexibility index (Phi) is 4.38. The third-order valence-corrected chi connectivity index (χ3v) is 6.31. The lowest BCUT2D eigenvalue weighted by molar-refractivity contribution is 0.384. The Labute approximate surface area is 164 Å². The molecule has 1 aliphatic rings. The Morgan fingerprint density at radius 2 is 2.00 bits per heavy atom. The Bertz CT molecular complexity index is 1150. The highest BCUT2D eigenvalue weighted by atomic mass is 32.2. The van der Waals surface area contributed by atoms with Crippen molar-refractivity contribution in [2.45, 2.75) is 25.2 Å². The highest BCUT2D eigenvalue weighted by Gasteiger charge is 2.45. The minimum atomic E-state index is -3.40. The van der Waals surface area contributed by atoms with Crippen molar-refractivity contribution in [3.8, 4) is 5.75 Å². The van der Waals surface area contributed by atoms with Gasteiger partial charge in [-0.3, -0.25) is 4.72 Å². The molecule has 28 heavy (non-hydrogen) atoms. The van der Waals surface area contributed by atoms with Gasteiger partial charge in [0.2, 0.25) is 10.0 Å². The molecule has 5 nitrogen and oxygen atoms in total. The summed E-state index contributed by atoms with van der Waals surface area (Å²) in [5.41, 5.74) is 2.76. The first kappa shape index (κ1) is 18.8. The molecule has 0 spiro atoms. The number of fused-ring (bicyclic) bond motifs is 1. The standard InChI is InChI=1S/C21H23FN2O3S/c1-21(13-7-8-13,14-9-10-19(27-2)17(22)11-14)16-12-23-20-15(16)5-4-6-18(20)24-28(3,25)26/h4-6,9-13,23-24H,7-8H2,1-3H3. The van der Waals surface area contributed by atoms with E-state index in [1.54, 1.807) is 18.2 Å². The molecule has 1 unspecified atom stereocenters. The fraction of sp³-hybridized carbons (Fsp3) is 0.333. The monoisotopic (exact) mass is 402 g/mol. The number of nitrogens with one attached hydrogen (secondary N) is 2. The summed E-state index contributed by atoms with van der Waals surface area (Å²) in [4.78, 5) is 3.23. The average molecular weight is 402 g/mol. The maximum atomic E-state index is 14.5. The van der Waals surface area contributed by atoms with E-state index in [4.69, 9.17) is 4.74 Å². The molecule has 1 aromatic heterocycles. The number of rotatable bonds is 6. The fourth-order valence-corrected chi connectivity index (χ4v) is 4.70. The van der Waals surface area contributed by atoms with Gasteiger partial charge in [0.15, 0.2) is 11.6 Å². The Hall–Kier alpha value is -2.54. The Morgan fingerprint density at radius 3 is 2.61 bits per heavy atom. The average Bonchev–Trinajstić information content (AvgIpc) is 3.39. The molecule has 0 aliphatic heterocycles. The van der Waals surface area contributed by atoms with Crippen LogP contribution in [0.1, 0.15) is 30.9 Å². The zero-order valence-corrected chi connectivity index (χ0v) is 16.9. The zero-order valence-electron chi connectivity index (χ0n) is 16.0. The van der Waals surface area contributed by atoms with Gasteiger partial charge >= 0.3 is 0 Å². The van der Waals surface area contributed by atoms with Crippen molar-refractivity contribution in [3.05, 3.63) is 59.5 Å². The van der Waals surface area contributed by atoms with Crippen LogP contribution in [-0.2, 0) is 15.4 Å². The van der Waals surface area contributed by atoms with E-state index in [1.165, 1.54) is 7.11 Å². The molecule has 3 aromatic rings. The first-order chi connectivity index (χ1) is 13.2. The van der Waals surface area contributed by atoms with Gasteiger partial charge in [0.25, 0.3) is 0 Å². The molecule has 4 rings (SSSR count). The minimum absolute atomic E-state index is 0.223. The van der Waals surface area contributed by atoms with Gasteiger partial charge in [0.1, 0.15) is 0 Å². The molecule has 0 amide bonds. The van der Waals surface area contributed by atoms with Crippen molar-refractivity contribution in [2.24, 2.45) is 5.92 Å². The lowest BCUT2D eigenvalue weighted by Gasteiger charge is -2.31. The molecule has 148 valence electrons. The van der Waals surface area contributed by atoms with Crippen molar-refractivity contribution in [3.63, 3.8) is 0 Å². The first-order valence-electron chi connectivity index (χ1n) is 9.16. The van der Waals surface area contributed by atoms with E-state index in [0.717, 1.165) is 41.1 Å². The minimum Gasteiger partial charge on any atom is -0.494 e. The van der Waals surface area contributed by atoms with Crippen LogP contribution >= 0.6 is 0 Å². The van der Waals surface area contributed by atoms with Crippen molar-refractivity contribution < 1.29 is 17.5 Å². The third kappa shape index (κ3) is 3.13. The number of sulfonamides is 1. The van der Waals surface area contributed by atoms with Crippen LogP contribution in [0.5, 0.6) is 5.75 Å². The number of aromatic nitrogens is 1. The van der Waals surface area contributed by atoms with Crippen molar-refractivity contribution in [2.75, 3.05) is 18.1 Å². The summed E-state index contributed by atoms with van der Waals surface area (Å²) in [6.45, 7) is 2.13. The van der Waals surface area contributed by atoms with Crippen LogP contribution in [0, 0.1) is 11.7 Å². The summed E-state index contributed by atoms with van der Waals surface area (Å²) in [6, 6.07) is 10.7. The Balaban J connectivity index is 1.88. The number of ether oxygens (including phenoxy) is 1. The summed E-state index contributed by atoms with van der Waals surface area (Å²) in [7, 11) is -1.95. The predicted molar refractivity (Wildman–Crippen MR) is 109 cm³/mol. The molecule has 1 fully saturated rings. The maximum Gasteiger partial charge on any atom is 0.229 e. The van der Waals surface area contributed by atoms with Gasteiger partial charge < -0.3 is 9.72 Å². The summed E-state index contributed by atoms with van der Waals surface area (Å²) in [5.74, 6) is 0.234. The van der Waals surface area contributed by atoms with Crippen molar-refractivity contribution in [1.82, 2.24) is 4.98 Å². The number of hydrogen-bond acceptors (Lipinski definition) is 3. The fourth-order valence-electron chi connectivity index (χ4n) is 4.13. The van der Waals surface area contributed by atoms with Crippen LogP contribution in [-0.4, -0.2) is 26.8 Å². The van der Waals surface area contributed by atoms with Crippen LogP contribution in [0.25, 0.3) is 10.9 Å². The summed E-state index contributed by atoms with van der Waals surface area (Å²) >= 11 is 0. The van der Waals surface area contributed by atoms with E-state index in [1.807, 2.05) is 24.4 Å². The molecule has 1 saturated carbocycles. The number of benzene rings is 2. The van der Waals surface area contributed by atoms with Crippen LogP contribution < -0.4 is 9.46 Å². The molecule has 7 heteroatoms. The molecule has 0 bridgehead atoms. The topological polar surface area (TPSA) is 71.2 Å². The smallest absolute Gasteiger partial charge is 0.229 e. The summed E-state index contributed by atoms with van der Waals surface area (Å²) in [6.07, 6.45) is 5.18. The molecular formula is C21H23FN2O3S. The van der Waals surface area contributed by atoms with Crippen LogP contribution in [0.2, 0.25) is 0 Å². The lowest BCUT2D eigenvalue weighted by atomic mass is 9.72. The number of aromatic amines is 1. The van der Waals surface area contributed by atoms with Gasteiger partial charge in [-0.15, -0.1) is 0 Å². The van der Waals surface area contributed by atoms with E-state index >= 15 is 0 Å². The van der Waals surface area contributed by atoms with Crippen LogP contribution in [0.4, 0.5) is 10.1 Å². The first-order valence-corrected chi connectivity index (χ1v) is 11.1. The van der Waals surface area contributed by atoms with Crippen molar-refractivity contribution in [1.29, 1.82) is 0 Å². The van der Waals surface area contributed by atoms with E-state index in [9.17, 15) is 12.8 Å². The number of H-pyrrole nitrogens is 1. The second-order valence-corrected chi connectivity index (χ2v) is 9.38. The molecule has 0 radical (unpaired) electrons. The van der Waals surface area contributed by atoms with E-state index in [2.05, 4.69) is 16.6 Å². The van der Waals surface area contributed by atoms with Gasteiger partial charge in [-0.1, -0.05) is 25.1 Å².